The second-order valence-electron chi connectivity index (χ2n) is 3.84. The summed E-state index contributed by atoms with van der Waals surface area (Å²) < 4.78 is 10.5. The molecule has 1 aliphatic rings. The number of morpholine rings is 1. The van der Waals surface area contributed by atoms with Crippen molar-refractivity contribution < 1.29 is 14.3 Å². The normalized spacial score (nSPS) is 20.5. The van der Waals surface area contributed by atoms with E-state index in [1.54, 1.807) is 12.0 Å². The van der Waals surface area contributed by atoms with Crippen LogP contribution in [0.5, 0.6) is 5.75 Å². The highest BCUT2D eigenvalue weighted by atomic mass is 16.5. The van der Waals surface area contributed by atoms with Crippen molar-refractivity contribution in [1.82, 2.24) is 0 Å². The van der Waals surface area contributed by atoms with Crippen LogP contribution < -0.4 is 15.4 Å². The third-order valence-corrected chi connectivity index (χ3v) is 2.79. The first-order valence-electron chi connectivity index (χ1n) is 5.50. The number of nitrogens with two attached hydrogens (primary N) is 1. The number of hydrogen-bond donors (Lipinski definition) is 1. The number of nitrogens with zero attached hydrogens (tertiary/aromatic N) is 1. The molecule has 0 aliphatic carbocycles. The van der Waals surface area contributed by atoms with Gasteiger partial charge in [0.1, 0.15) is 12.4 Å². The Morgan fingerprint density at radius 2 is 2.29 bits per heavy atom. The quantitative estimate of drug-likeness (QED) is 0.824. The van der Waals surface area contributed by atoms with Crippen LogP contribution in [0.4, 0.5) is 5.69 Å². The Labute approximate surface area is 100 Å². The Morgan fingerprint density at radius 1 is 1.53 bits per heavy atom. The number of hydrogen-bond acceptors (Lipinski definition) is 4. The van der Waals surface area contributed by atoms with Crippen LogP contribution >= 0.6 is 0 Å². The van der Waals surface area contributed by atoms with Crippen LogP contribution in [-0.2, 0) is 9.53 Å². The van der Waals surface area contributed by atoms with E-state index in [0.29, 0.717) is 18.9 Å². The van der Waals surface area contributed by atoms with Crippen LogP contribution in [0.25, 0.3) is 0 Å². The number of benzene rings is 1. The van der Waals surface area contributed by atoms with Gasteiger partial charge in [-0.15, -0.1) is 0 Å². The van der Waals surface area contributed by atoms with E-state index in [1.807, 2.05) is 24.3 Å². The fraction of sp³-hybridized carbons (Fsp3) is 0.417. The summed E-state index contributed by atoms with van der Waals surface area (Å²) in [5.41, 5.74) is 6.42. The van der Waals surface area contributed by atoms with Crippen molar-refractivity contribution in [1.29, 1.82) is 0 Å². The largest absolute Gasteiger partial charge is 0.495 e. The predicted octanol–water partition coefficient (Wildman–Crippen LogP) is 0.386. The number of anilines is 1. The maximum absolute atomic E-state index is 11.9. The summed E-state index contributed by atoms with van der Waals surface area (Å²) in [5.74, 6) is 0.581. The van der Waals surface area contributed by atoms with Crippen LogP contribution in [0.2, 0.25) is 0 Å². The molecule has 2 N–H and O–H groups in total. The molecule has 92 valence electrons. The average Bonchev–Trinajstić information content (AvgIpc) is 2.38. The van der Waals surface area contributed by atoms with Gasteiger partial charge in [0.05, 0.1) is 25.4 Å². The molecule has 1 heterocycles. The van der Waals surface area contributed by atoms with Gasteiger partial charge in [0.15, 0.2) is 0 Å². The summed E-state index contributed by atoms with van der Waals surface area (Å²) in [5, 5.41) is 0. The van der Waals surface area contributed by atoms with Gasteiger partial charge in [0.2, 0.25) is 0 Å². The summed E-state index contributed by atoms with van der Waals surface area (Å²) in [6.07, 6.45) is 0. The molecule has 1 fully saturated rings. The molecule has 1 unspecified atom stereocenters. The van der Waals surface area contributed by atoms with E-state index >= 15 is 0 Å². The van der Waals surface area contributed by atoms with E-state index in [-0.39, 0.29) is 18.6 Å². The zero-order valence-corrected chi connectivity index (χ0v) is 9.76. The zero-order valence-electron chi connectivity index (χ0n) is 9.76. The number of ether oxygens (including phenoxy) is 2. The molecule has 0 saturated carbocycles. The fourth-order valence-electron chi connectivity index (χ4n) is 1.96. The average molecular weight is 236 g/mol. The first-order chi connectivity index (χ1) is 8.27. The van der Waals surface area contributed by atoms with E-state index in [2.05, 4.69) is 0 Å². The van der Waals surface area contributed by atoms with Crippen molar-refractivity contribution in [2.24, 2.45) is 5.73 Å². The number of rotatable bonds is 3. The van der Waals surface area contributed by atoms with Gasteiger partial charge in [-0.1, -0.05) is 12.1 Å². The SMILES string of the molecule is COc1ccccc1N1C(=O)COCC1CN. The fourth-order valence-corrected chi connectivity index (χ4v) is 1.96. The lowest BCUT2D eigenvalue weighted by atomic mass is 10.1. The molecule has 5 heteroatoms. The molecule has 1 saturated heterocycles. The Morgan fingerprint density at radius 3 is 3.00 bits per heavy atom. The molecule has 0 bridgehead atoms. The van der Waals surface area contributed by atoms with Gasteiger partial charge in [0, 0.05) is 6.54 Å². The van der Waals surface area contributed by atoms with Crippen molar-refractivity contribution in [2.45, 2.75) is 6.04 Å². The van der Waals surface area contributed by atoms with Crippen molar-refractivity contribution in [3.05, 3.63) is 24.3 Å². The van der Waals surface area contributed by atoms with Crippen LogP contribution in [0.1, 0.15) is 0 Å². The van der Waals surface area contributed by atoms with Crippen molar-refractivity contribution >= 4 is 11.6 Å². The van der Waals surface area contributed by atoms with Crippen LogP contribution in [0, 0.1) is 0 Å². The van der Waals surface area contributed by atoms with Gasteiger partial charge >= 0.3 is 0 Å². The highest BCUT2D eigenvalue weighted by Crippen LogP contribution is 2.30. The lowest BCUT2D eigenvalue weighted by molar-refractivity contribution is -0.127. The Hall–Kier alpha value is -1.59. The number of carbonyl (C=O) groups is 1. The molecule has 5 nitrogen and oxygen atoms in total. The molecule has 2 rings (SSSR count). The Balaban J connectivity index is 2.37. The van der Waals surface area contributed by atoms with E-state index in [4.69, 9.17) is 15.2 Å². The van der Waals surface area contributed by atoms with Gasteiger partial charge < -0.3 is 20.1 Å². The van der Waals surface area contributed by atoms with Crippen LogP contribution in [0.15, 0.2) is 24.3 Å². The summed E-state index contributed by atoms with van der Waals surface area (Å²) in [6.45, 7) is 0.915. The minimum absolute atomic E-state index is 0.0869. The third-order valence-electron chi connectivity index (χ3n) is 2.79. The second kappa shape index (κ2) is 5.16. The van der Waals surface area contributed by atoms with Crippen LogP contribution in [-0.4, -0.2) is 38.8 Å². The second-order valence-corrected chi connectivity index (χ2v) is 3.84. The minimum atomic E-state index is -0.132. The minimum Gasteiger partial charge on any atom is -0.495 e. The van der Waals surface area contributed by atoms with Gasteiger partial charge in [-0.05, 0) is 12.1 Å². The first kappa shape index (κ1) is 11.9. The number of methoxy groups -OCH3 is 1. The molecule has 1 atom stereocenters. The van der Waals surface area contributed by atoms with E-state index in [1.165, 1.54) is 0 Å². The molecule has 1 aliphatic heterocycles. The van der Waals surface area contributed by atoms with Gasteiger partial charge in [-0.25, -0.2) is 0 Å². The predicted molar refractivity (Wildman–Crippen MR) is 64.1 cm³/mol. The summed E-state index contributed by atoms with van der Waals surface area (Å²) in [6, 6.07) is 7.28. The smallest absolute Gasteiger partial charge is 0.253 e. The highest BCUT2D eigenvalue weighted by Gasteiger charge is 2.30. The highest BCUT2D eigenvalue weighted by molar-refractivity contribution is 5.97. The number of amides is 1. The first-order valence-corrected chi connectivity index (χ1v) is 5.50. The van der Waals surface area contributed by atoms with Gasteiger partial charge in [0.25, 0.3) is 5.91 Å². The molecular weight excluding hydrogens is 220 g/mol. The summed E-state index contributed by atoms with van der Waals surface area (Å²) in [7, 11) is 1.58. The van der Waals surface area contributed by atoms with Crippen molar-refractivity contribution in [2.75, 3.05) is 31.8 Å². The topological polar surface area (TPSA) is 64.8 Å². The summed E-state index contributed by atoms with van der Waals surface area (Å²) >= 11 is 0. The van der Waals surface area contributed by atoms with E-state index in [0.717, 1.165) is 5.69 Å². The summed E-state index contributed by atoms with van der Waals surface area (Å²) in [4.78, 5) is 13.6. The molecule has 0 spiro atoms. The number of para-hydroxylation sites is 2. The van der Waals surface area contributed by atoms with Crippen molar-refractivity contribution in [3.8, 4) is 5.75 Å². The van der Waals surface area contributed by atoms with Gasteiger partial charge in [-0.3, -0.25) is 4.79 Å². The Kier molecular flexibility index (Phi) is 3.61. The maximum Gasteiger partial charge on any atom is 0.253 e. The van der Waals surface area contributed by atoms with Gasteiger partial charge in [-0.2, -0.15) is 0 Å². The molecule has 1 aromatic rings. The van der Waals surface area contributed by atoms with E-state index in [9.17, 15) is 4.79 Å². The molecule has 1 amide bonds. The zero-order chi connectivity index (χ0) is 12.3. The molecular formula is C12H16N2O3. The molecule has 17 heavy (non-hydrogen) atoms. The lowest BCUT2D eigenvalue weighted by Crippen LogP contribution is -2.53. The third kappa shape index (κ3) is 2.25. The maximum atomic E-state index is 11.9. The standard InChI is InChI=1S/C12H16N2O3/c1-16-11-5-3-2-4-10(11)14-9(6-13)7-17-8-12(14)15/h2-5,9H,6-8,13H2,1H3. The molecule has 1 aromatic carbocycles. The molecule has 0 aromatic heterocycles. The number of carbonyl (C=O) groups excluding carboxylic acids is 1. The monoisotopic (exact) mass is 236 g/mol. The van der Waals surface area contributed by atoms with E-state index < -0.39 is 0 Å². The lowest BCUT2D eigenvalue weighted by Gasteiger charge is -2.35. The molecule has 0 radical (unpaired) electrons. The van der Waals surface area contributed by atoms with Crippen LogP contribution in [0.3, 0.4) is 0 Å². The Bertz CT molecular complexity index is 408. The van der Waals surface area contributed by atoms with Crippen molar-refractivity contribution in [3.63, 3.8) is 0 Å².